The maximum Gasteiger partial charge on any atom is 0.0746 e. The summed E-state index contributed by atoms with van der Waals surface area (Å²) in [6.45, 7) is 5.86. The average Bonchev–Trinajstić information content (AvgIpc) is 2.49. The van der Waals surface area contributed by atoms with Crippen LogP contribution in [0.5, 0.6) is 0 Å². The lowest BCUT2D eigenvalue weighted by Crippen LogP contribution is -2.36. The van der Waals surface area contributed by atoms with Gasteiger partial charge < -0.3 is 10.1 Å². The van der Waals surface area contributed by atoms with Gasteiger partial charge in [-0.3, -0.25) is 0 Å². The van der Waals surface area contributed by atoms with Gasteiger partial charge >= 0.3 is 0 Å². The molecule has 2 rings (SSSR count). The van der Waals surface area contributed by atoms with E-state index in [1.807, 2.05) is 6.07 Å². The van der Waals surface area contributed by atoms with Crippen LogP contribution in [0.1, 0.15) is 19.4 Å². The summed E-state index contributed by atoms with van der Waals surface area (Å²) in [5.74, 6) is 0. The molecule has 0 amide bonds. The molecule has 2 heteroatoms. The van der Waals surface area contributed by atoms with Crippen LogP contribution in [0.4, 0.5) is 0 Å². The molecule has 0 saturated carbocycles. The summed E-state index contributed by atoms with van der Waals surface area (Å²) in [4.78, 5) is 0. The minimum atomic E-state index is -0.121. The van der Waals surface area contributed by atoms with Crippen molar-refractivity contribution < 1.29 is 4.74 Å². The van der Waals surface area contributed by atoms with Crippen LogP contribution in [-0.4, -0.2) is 19.3 Å². The molecule has 0 aliphatic heterocycles. The standard InChI is InChI=1S/C18H23NO/c1-18(2,20-3)14-19-13-15-9-11-17(12-10-15)16-7-5-4-6-8-16/h4-12,19H,13-14H2,1-3H3. The van der Waals surface area contributed by atoms with Gasteiger partial charge in [0.1, 0.15) is 0 Å². The molecular formula is C18H23NO. The summed E-state index contributed by atoms with van der Waals surface area (Å²) < 4.78 is 5.39. The Morgan fingerprint density at radius 2 is 1.50 bits per heavy atom. The van der Waals surface area contributed by atoms with Gasteiger partial charge in [-0.05, 0) is 30.5 Å². The third kappa shape index (κ3) is 4.19. The van der Waals surface area contributed by atoms with Gasteiger partial charge in [-0.2, -0.15) is 0 Å². The number of hydrogen-bond acceptors (Lipinski definition) is 2. The maximum atomic E-state index is 5.39. The molecule has 0 spiro atoms. The van der Waals surface area contributed by atoms with E-state index in [1.54, 1.807) is 7.11 Å². The fourth-order valence-electron chi connectivity index (χ4n) is 2.03. The van der Waals surface area contributed by atoms with Crippen LogP contribution in [-0.2, 0) is 11.3 Å². The molecule has 20 heavy (non-hydrogen) atoms. The first-order chi connectivity index (χ1) is 9.61. The van der Waals surface area contributed by atoms with Crippen molar-refractivity contribution in [3.63, 3.8) is 0 Å². The van der Waals surface area contributed by atoms with Crippen molar-refractivity contribution in [3.8, 4) is 11.1 Å². The van der Waals surface area contributed by atoms with Gasteiger partial charge in [-0.1, -0.05) is 54.6 Å². The van der Waals surface area contributed by atoms with Crippen molar-refractivity contribution in [1.82, 2.24) is 5.32 Å². The zero-order valence-corrected chi connectivity index (χ0v) is 12.5. The van der Waals surface area contributed by atoms with Crippen molar-refractivity contribution >= 4 is 0 Å². The molecule has 0 bridgehead atoms. The van der Waals surface area contributed by atoms with Gasteiger partial charge in [-0.15, -0.1) is 0 Å². The fourth-order valence-corrected chi connectivity index (χ4v) is 2.03. The number of rotatable bonds is 6. The molecule has 106 valence electrons. The molecule has 0 heterocycles. The first-order valence-electron chi connectivity index (χ1n) is 7.01. The Bertz CT molecular complexity index is 517. The SMILES string of the molecule is COC(C)(C)CNCc1ccc(-c2ccccc2)cc1. The van der Waals surface area contributed by atoms with Crippen molar-refractivity contribution in [1.29, 1.82) is 0 Å². The Kier molecular flexibility index (Phi) is 4.94. The Hall–Kier alpha value is -1.64. The third-order valence-corrected chi connectivity index (χ3v) is 3.49. The smallest absolute Gasteiger partial charge is 0.0746 e. The van der Waals surface area contributed by atoms with Crippen molar-refractivity contribution in [2.24, 2.45) is 0 Å². The molecule has 0 fully saturated rings. The van der Waals surface area contributed by atoms with Gasteiger partial charge in [0.2, 0.25) is 0 Å². The van der Waals surface area contributed by atoms with Gasteiger partial charge in [0.05, 0.1) is 5.60 Å². The van der Waals surface area contributed by atoms with E-state index in [4.69, 9.17) is 4.74 Å². The highest BCUT2D eigenvalue weighted by molar-refractivity contribution is 5.63. The van der Waals surface area contributed by atoms with Gasteiger partial charge in [0.15, 0.2) is 0 Å². The normalized spacial score (nSPS) is 11.6. The second-order valence-corrected chi connectivity index (χ2v) is 5.63. The first-order valence-corrected chi connectivity index (χ1v) is 7.01. The Morgan fingerprint density at radius 3 is 2.10 bits per heavy atom. The van der Waals surface area contributed by atoms with E-state index in [0.717, 1.165) is 13.1 Å². The van der Waals surface area contributed by atoms with Crippen LogP contribution >= 0.6 is 0 Å². The summed E-state index contributed by atoms with van der Waals surface area (Å²) >= 11 is 0. The molecule has 2 aromatic carbocycles. The van der Waals surface area contributed by atoms with E-state index in [9.17, 15) is 0 Å². The lowest BCUT2D eigenvalue weighted by Gasteiger charge is -2.23. The third-order valence-electron chi connectivity index (χ3n) is 3.49. The molecule has 0 saturated heterocycles. The second kappa shape index (κ2) is 6.69. The minimum Gasteiger partial charge on any atom is -0.377 e. The molecule has 2 aromatic rings. The highest BCUT2D eigenvalue weighted by Crippen LogP contribution is 2.19. The van der Waals surface area contributed by atoms with Crippen molar-refractivity contribution in [3.05, 3.63) is 60.2 Å². The molecular weight excluding hydrogens is 246 g/mol. The highest BCUT2D eigenvalue weighted by atomic mass is 16.5. The molecule has 0 aromatic heterocycles. The Labute approximate surface area is 121 Å². The van der Waals surface area contributed by atoms with E-state index in [2.05, 4.69) is 67.7 Å². The molecule has 0 unspecified atom stereocenters. The Balaban J connectivity index is 1.92. The predicted octanol–water partition coefficient (Wildman–Crippen LogP) is 3.87. The summed E-state index contributed by atoms with van der Waals surface area (Å²) in [6.07, 6.45) is 0. The van der Waals surface area contributed by atoms with Crippen LogP contribution in [0.3, 0.4) is 0 Å². The van der Waals surface area contributed by atoms with E-state index >= 15 is 0 Å². The fraction of sp³-hybridized carbons (Fsp3) is 0.333. The van der Waals surface area contributed by atoms with Crippen molar-refractivity contribution in [2.75, 3.05) is 13.7 Å². The van der Waals surface area contributed by atoms with E-state index in [1.165, 1.54) is 16.7 Å². The number of ether oxygens (including phenoxy) is 1. The van der Waals surface area contributed by atoms with Gasteiger partial charge in [0.25, 0.3) is 0 Å². The summed E-state index contributed by atoms with van der Waals surface area (Å²) in [7, 11) is 1.75. The monoisotopic (exact) mass is 269 g/mol. The van der Waals surface area contributed by atoms with Crippen LogP contribution in [0, 0.1) is 0 Å². The van der Waals surface area contributed by atoms with E-state index in [-0.39, 0.29) is 5.60 Å². The summed E-state index contributed by atoms with van der Waals surface area (Å²) in [5, 5.41) is 3.43. The number of hydrogen-bond donors (Lipinski definition) is 1. The molecule has 1 N–H and O–H groups in total. The number of nitrogens with one attached hydrogen (secondary N) is 1. The van der Waals surface area contributed by atoms with Crippen LogP contribution in [0.2, 0.25) is 0 Å². The van der Waals surface area contributed by atoms with Gasteiger partial charge in [0, 0.05) is 20.2 Å². The lowest BCUT2D eigenvalue weighted by atomic mass is 10.0. The predicted molar refractivity (Wildman–Crippen MR) is 84.7 cm³/mol. The highest BCUT2D eigenvalue weighted by Gasteiger charge is 2.14. The quantitative estimate of drug-likeness (QED) is 0.859. The molecule has 0 radical (unpaired) electrons. The Morgan fingerprint density at radius 1 is 0.900 bits per heavy atom. The van der Waals surface area contributed by atoms with E-state index < -0.39 is 0 Å². The molecule has 0 aliphatic rings. The zero-order chi connectivity index (χ0) is 14.4. The minimum absolute atomic E-state index is 0.121. The van der Waals surface area contributed by atoms with Crippen LogP contribution < -0.4 is 5.32 Å². The lowest BCUT2D eigenvalue weighted by molar-refractivity contribution is 0.0231. The van der Waals surface area contributed by atoms with Crippen molar-refractivity contribution in [2.45, 2.75) is 26.0 Å². The maximum absolute atomic E-state index is 5.39. The summed E-state index contributed by atoms with van der Waals surface area (Å²) in [5.41, 5.74) is 3.68. The van der Waals surface area contributed by atoms with Gasteiger partial charge in [-0.25, -0.2) is 0 Å². The number of methoxy groups -OCH3 is 1. The van der Waals surface area contributed by atoms with E-state index in [0.29, 0.717) is 0 Å². The average molecular weight is 269 g/mol. The van der Waals surface area contributed by atoms with Crippen LogP contribution in [0.15, 0.2) is 54.6 Å². The number of benzene rings is 2. The second-order valence-electron chi connectivity index (χ2n) is 5.63. The summed E-state index contributed by atoms with van der Waals surface area (Å²) in [6, 6.07) is 19.1. The first kappa shape index (κ1) is 14.8. The van der Waals surface area contributed by atoms with Crippen LogP contribution in [0.25, 0.3) is 11.1 Å². The molecule has 2 nitrogen and oxygen atoms in total. The topological polar surface area (TPSA) is 21.3 Å². The molecule has 0 atom stereocenters. The zero-order valence-electron chi connectivity index (χ0n) is 12.5. The largest absolute Gasteiger partial charge is 0.377 e. The molecule has 0 aliphatic carbocycles.